The number of nitrogens with two attached hydrogens (primary N) is 1. The number of nitrogens with zero attached hydrogens (tertiary/aromatic N) is 2. The predicted octanol–water partition coefficient (Wildman–Crippen LogP) is 0.629. The lowest BCUT2D eigenvalue weighted by Gasteiger charge is -2.36. The Kier molecular flexibility index (Phi) is 5.03. The molecule has 1 aromatic rings. The van der Waals surface area contributed by atoms with Gasteiger partial charge in [0.2, 0.25) is 15.9 Å². The molecule has 1 aliphatic rings. The smallest absolute Gasteiger partial charge is 0.243 e. The highest BCUT2D eigenvalue weighted by Gasteiger charge is 2.31. The van der Waals surface area contributed by atoms with Crippen molar-refractivity contribution in [2.75, 3.05) is 26.2 Å². The van der Waals surface area contributed by atoms with Crippen LogP contribution in [-0.2, 0) is 14.8 Å². The van der Waals surface area contributed by atoms with E-state index in [1.807, 2.05) is 4.90 Å². The Labute approximate surface area is 133 Å². The summed E-state index contributed by atoms with van der Waals surface area (Å²) < 4.78 is 27.3. The molecule has 1 aliphatic heterocycles. The highest BCUT2D eigenvalue weighted by molar-refractivity contribution is 9.10. The molecular weight excluding hydrogens is 358 g/mol. The van der Waals surface area contributed by atoms with Gasteiger partial charge in [0.25, 0.3) is 0 Å². The van der Waals surface area contributed by atoms with E-state index in [9.17, 15) is 13.2 Å². The first kappa shape index (κ1) is 16.4. The standard InChI is InChI=1S/C13H18BrN3O3S/c1-10(13(15)18)16-6-8-17(9-7-16)21(19,20)12-4-2-11(14)3-5-12/h2-5,10H,6-9H2,1H3,(H2,15,18)/t10-/m1/s1. The summed E-state index contributed by atoms with van der Waals surface area (Å²) in [7, 11) is -3.48. The van der Waals surface area contributed by atoms with E-state index in [2.05, 4.69) is 15.9 Å². The largest absolute Gasteiger partial charge is 0.368 e. The number of sulfonamides is 1. The lowest BCUT2D eigenvalue weighted by Crippen LogP contribution is -2.54. The summed E-state index contributed by atoms with van der Waals surface area (Å²) in [6.45, 7) is 3.45. The van der Waals surface area contributed by atoms with Crippen LogP contribution in [-0.4, -0.2) is 55.8 Å². The number of hydrogen-bond donors (Lipinski definition) is 1. The van der Waals surface area contributed by atoms with Crippen molar-refractivity contribution < 1.29 is 13.2 Å². The molecule has 1 atom stereocenters. The molecule has 1 aromatic carbocycles. The first-order valence-corrected chi connectivity index (χ1v) is 8.85. The molecule has 0 bridgehead atoms. The molecule has 0 spiro atoms. The van der Waals surface area contributed by atoms with Gasteiger partial charge in [-0.1, -0.05) is 15.9 Å². The third kappa shape index (κ3) is 3.63. The van der Waals surface area contributed by atoms with Crippen molar-refractivity contribution in [3.05, 3.63) is 28.7 Å². The first-order chi connectivity index (χ1) is 9.82. The molecule has 0 aliphatic carbocycles. The van der Waals surface area contributed by atoms with Crippen LogP contribution in [0, 0.1) is 0 Å². The summed E-state index contributed by atoms with van der Waals surface area (Å²) in [5, 5.41) is 0. The van der Waals surface area contributed by atoms with Gasteiger partial charge in [-0.3, -0.25) is 9.69 Å². The zero-order valence-electron chi connectivity index (χ0n) is 11.7. The van der Waals surface area contributed by atoms with E-state index in [0.717, 1.165) is 4.47 Å². The average molecular weight is 376 g/mol. The topological polar surface area (TPSA) is 83.7 Å². The minimum absolute atomic E-state index is 0.280. The Hall–Kier alpha value is -0.960. The van der Waals surface area contributed by atoms with E-state index in [1.54, 1.807) is 31.2 Å². The molecule has 0 aromatic heterocycles. The molecule has 21 heavy (non-hydrogen) atoms. The molecule has 0 radical (unpaired) electrons. The van der Waals surface area contributed by atoms with Crippen LogP contribution in [0.3, 0.4) is 0 Å². The summed E-state index contributed by atoms with van der Waals surface area (Å²) in [6, 6.07) is 6.20. The van der Waals surface area contributed by atoms with Crippen molar-refractivity contribution in [1.82, 2.24) is 9.21 Å². The number of rotatable bonds is 4. The van der Waals surface area contributed by atoms with E-state index in [4.69, 9.17) is 5.73 Å². The van der Waals surface area contributed by atoms with E-state index in [0.29, 0.717) is 26.2 Å². The monoisotopic (exact) mass is 375 g/mol. The zero-order valence-corrected chi connectivity index (χ0v) is 14.1. The zero-order chi connectivity index (χ0) is 15.6. The number of halogens is 1. The number of carbonyl (C=O) groups is 1. The van der Waals surface area contributed by atoms with Gasteiger partial charge in [0.05, 0.1) is 10.9 Å². The Balaban J connectivity index is 2.07. The highest BCUT2D eigenvalue weighted by Crippen LogP contribution is 2.20. The quantitative estimate of drug-likeness (QED) is 0.836. The van der Waals surface area contributed by atoms with Gasteiger partial charge in [0, 0.05) is 30.7 Å². The Morgan fingerprint density at radius 1 is 1.19 bits per heavy atom. The summed E-state index contributed by atoms with van der Waals surface area (Å²) in [5.74, 6) is -0.390. The second kappa shape index (κ2) is 6.43. The van der Waals surface area contributed by atoms with Crippen molar-refractivity contribution in [2.45, 2.75) is 17.9 Å². The third-order valence-electron chi connectivity index (χ3n) is 3.68. The van der Waals surface area contributed by atoms with Gasteiger partial charge >= 0.3 is 0 Å². The molecule has 1 heterocycles. The van der Waals surface area contributed by atoms with Gasteiger partial charge < -0.3 is 5.73 Å². The molecule has 0 saturated carbocycles. The van der Waals surface area contributed by atoms with Gasteiger partial charge in [0.15, 0.2) is 0 Å². The van der Waals surface area contributed by atoms with E-state index in [-0.39, 0.29) is 16.8 Å². The number of hydrogen-bond acceptors (Lipinski definition) is 4. The van der Waals surface area contributed by atoms with Crippen LogP contribution in [0.1, 0.15) is 6.92 Å². The van der Waals surface area contributed by atoms with E-state index in [1.165, 1.54) is 4.31 Å². The Morgan fingerprint density at radius 3 is 2.19 bits per heavy atom. The predicted molar refractivity (Wildman–Crippen MR) is 83.1 cm³/mol. The summed E-state index contributed by atoms with van der Waals surface area (Å²) in [6.07, 6.45) is 0. The fourth-order valence-corrected chi connectivity index (χ4v) is 3.95. The van der Waals surface area contributed by atoms with Crippen molar-refractivity contribution >= 4 is 31.9 Å². The van der Waals surface area contributed by atoms with Crippen LogP contribution in [0.25, 0.3) is 0 Å². The number of benzene rings is 1. The molecule has 1 fully saturated rings. The van der Waals surface area contributed by atoms with Gasteiger partial charge in [-0.15, -0.1) is 0 Å². The number of primary amides is 1. The lowest BCUT2D eigenvalue weighted by atomic mass is 10.2. The number of amides is 1. The van der Waals surface area contributed by atoms with Gasteiger partial charge in [-0.05, 0) is 31.2 Å². The second-order valence-corrected chi connectivity index (χ2v) is 7.83. The molecule has 2 rings (SSSR count). The fraction of sp³-hybridized carbons (Fsp3) is 0.462. The van der Waals surface area contributed by atoms with E-state index < -0.39 is 10.0 Å². The van der Waals surface area contributed by atoms with Gasteiger partial charge in [0.1, 0.15) is 0 Å². The minimum atomic E-state index is -3.48. The maximum absolute atomic E-state index is 12.5. The molecule has 6 nitrogen and oxygen atoms in total. The number of carbonyl (C=O) groups excluding carboxylic acids is 1. The fourth-order valence-electron chi connectivity index (χ4n) is 2.27. The van der Waals surface area contributed by atoms with Gasteiger partial charge in [-0.25, -0.2) is 8.42 Å². The molecule has 2 N–H and O–H groups in total. The lowest BCUT2D eigenvalue weighted by molar-refractivity contribution is -0.123. The third-order valence-corrected chi connectivity index (χ3v) is 6.13. The molecule has 8 heteroatoms. The maximum atomic E-state index is 12.5. The Bertz CT molecular complexity index is 610. The van der Waals surface area contributed by atoms with Crippen LogP contribution in [0.2, 0.25) is 0 Å². The average Bonchev–Trinajstić information content (AvgIpc) is 2.47. The van der Waals surface area contributed by atoms with Crippen LogP contribution < -0.4 is 5.73 Å². The van der Waals surface area contributed by atoms with Crippen LogP contribution in [0.5, 0.6) is 0 Å². The van der Waals surface area contributed by atoms with Crippen molar-refractivity contribution in [2.24, 2.45) is 5.73 Å². The molecule has 1 saturated heterocycles. The normalized spacial score (nSPS) is 19.3. The van der Waals surface area contributed by atoms with Gasteiger partial charge in [-0.2, -0.15) is 4.31 Å². The van der Waals surface area contributed by atoms with E-state index >= 15 is 0 Å². The maximum Gasteiger partial charge on any atom is 0.243 e. The highest BCUT2D eigenvalue weighted by atomic mass is 79.9. The SMILES string of the molecule is C[C@H](C(N)=O)N1CCN(S(=O)(=O)c2ccc(Br)cc2)CC1. The Morgan fingerprint density at radius 2 is 1.71 bits per heavy atom. The second-order valence-electron chi connectivity index (χ2n) is 4.97. The summed E-state index contributed by atoms with van der Waals surface area (Å²) >= 11 is 3.29. The number of piperazine rings is 1. The first-order valence-electron chi connectivity index (χ1n) is 6.61. The molecular formula is C13H18BrN3O3S. The van der Waals surface area contributed by atoms with Crippen molar-refractivity contribution in [1.29, 1.82) is 0 Å². The molecule has 0 unspecified atom stereocenters. The minimum Gasteiger partial charge on any atom is -0.368 e. The van der Waals surface area contributed by atoms with Crippen molar-refractivity contribution in [3.8, 4) is 0 Å². The van der Waals surface area contributed by atoms with Crippen LogP contribution >= 0.6 is 15.9 Å². The van der Waals surface area contributed by atoms with Crippen molar-refractivity contribution in [3.63, 3.8) is 0 Å². The van der Waals surface area contributed by atoms with Crippen LogP contribution in [0.4, 0.5) is 0 Å². The van der Waals surface area contributed by atoms with Crippen LogP contribution in [0.15, 0.2) is 33.6 Å². The molecule has 1 amide bonds. The summed E-state index contributed by atoms with van der Waals surface area (Å²) in [5.41, 5.74) is 5.28. The molecule has 116 valence electrons. The summed E-state index contributed by atoms with van der Waals surface area (Å²) in [4.78, 5) is 13.4.